The molecular formula is C19H13BrFN3O4S. The molecule has 148 valence electrons. The number of hydrogen-bond acceptors (Lipinski definition) is 5. The molecule has 4 rings (SSSR count). The van der Waals surface area contributed by atoms with Gasteiger partial charge in [-0.25, -0.2) is 17.1 Å². The van der Waals surface area contributed by atoms with Crippen LogP contribution in [0.25, 0.3) is 10.9 Å². The number of H-pyrrole nitrogens is 1. The number of nitrogens with zero attached hydrogens (tertiary/aromatic N) is 2. The third-order valence-corrected chi connectivity index (χ3v) is 6.65. The molecule has 2 aromatic heterocycles. The number of benzene rings is 2. The molecule has 0 aliphatic heterocycles. The predicted octanol–water partition coefficient (Wildman–Crippen LogP) is 4.25. The molecule has 2 heterocycles. The Morgan fingerprint density at radius 2 is 1.93 bits per heavy atom. The van der Waals surface area contributed by atoms with Crippen LogP contribution in [0.5, 0.6) is 0 Å². The van der Waals surface area contributed by atoms with Crippen LogP contribution in [0.3, 0.4) is 0 Å². The average molecular weight is 478 g/mol. The number of halogens is 2. The maximum absolute atomic E-state index is 14.3. The molecule has 0 spiro atoms. The van der Waals surface area contributed by atoms with Crippen LogP contribution in [0, 0.1) is 12.7 Å². The second-order valence-electron chi connectivity index (χ2n) is 6.25. The van der Waals surface area contributed by atoms with Crippen LogP contribution < -0.4 is 9.86 Å². The van der Waals surface area contributed by atoms with Crippen molar-refractivity contribution in [2.24, 2.45) is 0 Å². The summed E-state index contributed by atoms with van der Waals surface area (Å²) >= 11 is 3.10. The Hall–Kier alpha value is -2.98. The SMILES string of the molecule is Cc1cc(Br)c(F)cc1N(c1ccon1)S(=O)(=O)c1ccc2[nH]c(=O)ccc2c1. The van der Waals surface area contributed by atoms with Crippen molar-refractivity contribution in [3.05, 3.63) is 81.0 Å². The molecule has 4 aromatic rings. The summed E-state index contributed by atoms with van der Waals surface area (Å²) in [4.78, 5) is 14.1. The quantitative estimate of drug-likeness (QED) is 0.473. The standard InChI is InChI=1S/C19H13BrFN3O4S/c1-11-8-14(20)15(21)10-17(11)24(18-6-7-28-23-18)29(26,27)13-3-4-16-12(9-13)2-5-19(25)22-16/h2-10H,1H3,(H,22,25). The minimum absolute atomic E-state index is 0.0172. The van der Waals surface area contributed by atoms with Crippen LogP contribution in [-0.4, -0.2) is 18.6 Å². The van der Waals surface area contributed by atoms with Gasteiger partial charge in [-0.1, -0.05) is 5.16 Å². The fraction of sp³-hybridized carbons (Fsp3) is 0.0526. The minimum Gasteiger partial charge on any atom is -0.363 e. The van der Waals surface area contributed by atoms with Crippen molar-refractivity contribution in [1.82, 2.24) is 10.1 Å². The van der Waals surface area contributed by atoms with E-state index in [1.165, 1.54) is 48.7 Å². The largest absolute Gasteiger partial charge is 0.363 e. The molecule has 0 unspecified atom stereocenters. The van der Waals surface area contributed by atoms with Gasteiger partial charge in [-0.3, -0.25) is 4.79 Å². The van der Waals surface area contributed by atoms with Crippen molar-refractivity contribution in [3.8, 4) is 0 Å². The fourth-order valence-corrected chi connectivity index (χ4v) is 4.92. The summed E-state index contributed by atoms with van der Waals surface area (Å²) < 4.78 is 47.3. The number of sulfonamides is 1. The lowest BCUT2D eigenvalue weighted by Crippen LogP contribution is -2.27. The number of rotatable bonds is 4. The van der Waals surface area contributed by atoms with Crippen LogP contribution in [0.4, 0.5) is 15.9 Å². The summed E-state index contributed by atoms with van der Waals surface area (Å²) in [5, 5.41) is 4.27. The Morgan fingerprint density at radius 1 is 1.14 bits per heavy atom. The highest BCUT2D eigenvalue weighted by atomic mass is 79.9. The Labute approximate surface area is 172 Å². The molecule has 1 N–H and O–H groups in total. The maximum atomic E-state index is 14.3. The van der Waals surface area contributed by atoms with Gasteiger partial charge in [0.05, 0.1) is 15.1 Å². The van der Waals surface area contributed by atoms with E-state index in [9.17, 15) is 17.6 Å². The smallest absolute Gasteiger partial charge is 0.270 e. The summed E-state index contributed by atoms with van der Waals surface area (Å²) in [6.07, 6.45) is 1.23. The zero-order valence-electron chi connectivity index (χ0n) is 14.9. The number of pyridine rings is 1. The van der Waals surface area contributed by atoms with E-state index in [1.54, 1.807) is 6.92 Å². The van der Waals surface area contributed by atoms with Gasteiger partial charge in [0.25, 0.3) is 10.0 Å². The third kappa shape index (κ3) is 3.45. The lowest BCUT2D eigenvalue weighted by Gasteiger charge is -2.24. The molecular weight excluding hydrogens is 465 g/mol. The van der Waals surface area contributed by atoms with E-state index >= 15 is 0 Å². The van der Waals surface area contributed by atoms with Crippen LogP contribution in [-0.2, 0) is 10.0 Å². The van der Waals surface area contributed by atoms with Crippen LogP contribution in [0.15, 0.2) is 73.5 Å². The molecule has 0 fully saturated rings. The number of nitrogens with one attached hydrogen (secondary N) is 1. The summed E-state index contributed by atoms with van der Waals surface area (Å²) in [7, 11) is -4.19. The second-order valence-corrected chi connectivity index (χ2v) is 8.89. The number of fused-ring (bicyclic) bond motifs is 1. The molecule has 0 aliphatic carbocycles. The molecule has 0 amide bonds. The highest BCUT2D eigenvalue weighted by Crippen LogP contribution is 2.36. The van der Waals surface area contributed by atoms with E-state index in [1.807, 2.05) is 0 Å². The van der Waals surface area contributed by atoms with Gasteiger partial charge >= 0.3 is 0 Å². The molecule has 0 saturated heterocycles. The van der Waals surface area contributed by atoms with Gasteiger partial charge < -0.3 is 9.51 Å². The highest BCUT2D eigenvalue weighted by molar-refractivity contribution is 9.10. The molecule has 7 nitrogen and oxygen atoms in total. The van der Waals surface area contributed by atoms with E-state index in [-0.39, 0.29) is 26.4 Å². The molecule has 2 aromatic carbocycles. The minimum atomic E-state index is -4.19. The van der Waals surface area contributed by atoms with E-state index in [2.05, 4.69) is 26.1 Å². The summed E-state index contributed by atoms with van der Waals surface area (Å²) in [6, 6.07) is 11.1. The van der Waals surface area contributed by atoms with Crippen LogP contribution in [0.2, 0.25) is 0 Å². The van der Waals surface area contributed by atoms with Crippen LogP contribution in [0.1, 0.15) is 5.56 Å². The van der Waals surface area contributed by atoms with Crippen LogP contribution >= 0.6 is 15.9 Å². The second kappa shape index (κ2) is 7.12. The lowest BCUT2D eigenvalue weighted by molar-refractivity contribution is 0.421. The molecule has 29 heavy (non-hydrogen) atoms. The van der Waals surface area contributed by atoms with Gasteiger partial charge in [-0.15, -0.1) is 0 Å². The third-order valence-electron chi connectivity index (χ3n) is 4.32. The molecule has 10 heteroatoms. The first kappa shape index (κ1) is 19.3. The maximum Gasteiger partial charge on any atom is 0.270 e. The first-order valence-electron chi connectivity index (χ1n) is 8.32. The van der Waals surface area contributed by atoms with Gasteiger partial charge in [0.1, 0.15) is 12.1 Å². The Balaban J connectivity index is 1.94. The fourth-order valence-electron chi connectivity index (χ4n) is 2.94. The molecule has 0 aliphatic rings. The van der Waals surface area contributed by atoms with Crippen molar-refractivity contribution in [2.45, 2.75) is 11.8 Å². The van der Waals surface area contributed by atoms with E-state index in [0.717, 1.165) is 10.4 Å². The van der Waals surface area contributed by atoms with E-state index in [0.29, 0.717) is 16.5 Å². The normalized spacial score (nSPS) is 11.7. The number of aromatic nitrogens is 2. The zero-order chi connectivity index (χ0) is 20.8. The van der Waals surface area contributed by atoms with Crippen molar-refractivity contribution in [3.63, 3.8) is 0 Å². The number of aromatic amines is 1. The van der Waals surface area contributed by atoms with Crippen molar-refractivity contribution in [1.29, 1.82) is 0 Å². The monoisotopic (exact) mass is 477 g/mol. The van der Waals surface area contributed by atoms with Crippen molar-refractivity contribution in [2.75, 3.05) is 4.31 Å². The van der Waals surface area contributed by atoms with Gasteiger partial charge in [0.2, 0.25) is 5.56 Å². The first-order valence-corrected chi connectivity index (χ1v) is 10.5. The predicted molar refractivity (Wildman–Crippen MR) is 109 cm³/mol. The Bertz CT molecular complexity index is 1380. The van der Waals surface area contributed by atoms with Gasteiger partial charge in [0.15, 0.2) is 5.82 Å². The topological polar surface area (TPSA) is 96.3 Å². The zero-order valence-corrected chi connectivity index (χ0v) is 17.3. The molecule has 0 saturated carbocycles. The van der Waals surface area contributed by atoms with E-state index in [4.69, 9.17) is 4.52 Å². The number of anilines is 2. The molecule has 0 bridgehead atoms. The summed E-state index contributed by atoms with van der Waals surface area (Å²) in [5.41, 5.74) is 0.810. The van der Waals surface area contributed by atoms with Gasteiger partial charge in [-0.2, -0.15) is 0 Å². The Morgan fingerprint density at radius 3 is 2.66 bits per heavy atom. The highest BCUT2D eigenvalue weighted by Gasteiger charge is 2.30. The summed E-state index contributed by atoms with van der Waals surface area (Å²) in [5.74, 6) is -0.637. The van der Waals surface area contributed by atoms with Crippen molar-refractivity contribution < 1.29 is 17.3 Å². The van der Waals surface area contributed by atoms with Gasteiger partial charge in [-0.05, 0) is 64.1 Å². The summed E-state index contributed by atoms with van der Waals surface area (Å²) in [6.45, 7) is 1.66. The molecule has 0 atom stereocenters. The Kier molecular flexibility index (Phi) is 4.75. The van der Waals surface area contributed by atoms with E-state index < -0.39 is 15.8 Å². The van der Waals surface area contributed by atoms with Gasteiger partial charge in [0, 0.05) is 23.7 Å². The number of hydrogen-bond donors (Lipinski definition) is 1. The number of aryl methyl sites for hydroxylation is 1. The average Bonchev–Trinajstić information content (AvgIpc) is 3.19. The lowest BCUT2D eigenvalue weighted by atomic mass is 10.2. The first-order chi connectivity index (χ1) is 13.8. The van der Waals surface area contributed by atoms with Crippen molar-refractivity contribution >= 4 is 48.4 Å². The molecule has 0 radical (unpaired) electrons.